The summed E-state index contributed by atoms with van der Waals surface area (Å²) in [7, 11) is 0. The highest BCUT2D eigenvalue weighted by Gasteiger charge is 2.00. The summed E-state index contributed by atoms with van der Waals surface area (Å²) in [4.78, 5) is 0. The highest BCUT2D eigenvalue weighted by atomic mass is 32.2. The minimum Gasteiger partial charge on any atom is -0.311 e. The van der Waals surface area contributed by atoms with Gasteiger partial charge in [-0.2, -0.15) is 16.9 Å². The van der Waals surface area contributed by atoms with Crippen molar-refractivity contribution in [3.8, 4) is 0 Å². The first-order valence-corrected chi connectivity index (χ1v) is 6.83. The van der Waals surface area contributed by atoms with Gasteiger partial charge in [-0.3, -0.25) is 4.68 Å². The SMILES string of the molecule is CCNCc1ccnn1CCCSCC. The standard InChI is InChI=1S/C11H21N3S/c1-3-12-10-11-6-7-13-14(11)8-5-9-15-4-2/h6-7,12H,3-5,8-10H2,1-2H3. The molecule has 0 saturated heterocycles. The molecular weight excluding hydrogens is 206 g/mol. The highest BCUT2D eigenvalue weighted by molar-refractivity contribution is 7.99. The zero-order valence-corrected chi connectivity index (χ0v) is 10.5. The molecule has 0 aromatic carbocycles. The van der Waals surface area contributed by atoms with E-state index in [0.29, 0.717) is 0 Å². The van der Waals surface area contributed by atoms with Crippen LogP contribution >= 0.6 is 11.8 Å². The van der Waals surface area contributed by atoms with Crippen LogP contribution in [0.1, 0.15) is 26.0 Å². The maximum absolute atomic E-state index is 4.33. The van der Waals surface area contributed by atoms with Crippen molar-refractivity contribution in [2.24, 2.45) is 0 Å². The van der Waals surface area contributed by atoms with Gasteiger partial charge in [-0.05, 0) is 30.5 Å². The van der Waals surface area contributed by atoms with Crippen molar-refractivity contribution < 1.29 is 0 Å². The second-order valence-corrected chi connectivity index (χ2v) is 4.77. The van der Waals surface area contributed by atoms with Crippen molar-refractivity contribution in [2.75, 3.05) is 18.1 Å². The Morgan fingerprint density at radius 3 is 3.07 bits per heavy atom. The summed E-state index contributed by atoms with van der Waals surface area (Å²) in [6.07, 6.45) is 3.10. The number of thioether (sulfide) groups is 1. The van der Waals surface area contributed by atoms with Crippen LogP contribution in [0.25, 0.3) is 0 Å². The van der Waals surface area contributed by atoms with Crippen LogP contribution in [0.15, 0.2) is 12.3 Å². The molecule has 4 heteroatoms. The first kappa shape index (κ1) is 12.6. The molecule has 0 saturated carbocycles. The minimum absolute atomic E-state index is 0.928. The van der Waals surface area contributed by atoms with Crippen LogP contribution in [0.4, 0.5) is 0 Å². The first-order valence-electron chi connectivity index (χ1n) is 5.67. The molecule has 0 aliphatic heterocycles. The van der Waals surface area contributed by atoms with E-state index in [4.69, 9.17) is 0 Å². The lowest BCUT2D eigenvalue weighted by Crippen LogP contribution is -2.16. The highest BCUT2D eigenvalue weighted by Crippen LogP contribution is 2.04. The number of nitrogens with zero attached hydrogens (tertiary/aromatic N) is 2. The van der Waals surface area contributed by atoms with Crippen molar-refractivity contribution >= 4 is 11.8 Å². The Morgan fingerprint density at radius 1 is 1.47 bits per heavy atom. The Morgan fingerprint density at radius 2 is 2.33 bits per heavy atom. The van der Waals surface area contributed by atoms with Crippen molar-refractivity contribution in [1.29, 1.82) is 0 Å². The Labute approximate surface area is 96.6 Å². The van der Waals surface area contributed by atoms with Crippen molar-refractivity contribution in [3.05, 3.63) is 18.0 Å². The fraction of sp³-hybridized carbons (Fsp3) is 0.727. The van der Waals surface area contributed by atoms with Crippen LogP contribution in [-0.4, -0.2) is 27.8 Å². The lowest BCUT2D eigenvalue weighted by atomic mass is 10.4. The third-order valence-corrected chi connectivity index (χ3v) is 3.21. The number of hydrogen-bond acceptors (Lipinski definition) is 3. The molecule has 1 N–H and O–H groups in total. The van der Waals surface area contributed by atoms with E-state index in [1.165, 1.54) is 23.6 Å². The Bertz CT molecular complexity index is 260. The minimum atomic E-state index is 0.928. The predicted octanol–water partition coefficient (Wildman–Crippen LogP) is 2.14. The maximum Gasteiger partial charge on any atom is 0.0522 e. The van der Waals surface area contributed by atoms with Crippen LogP contribution in [0.3, 0.4) is 0 Å². The lowest BCUT2D eigenvalue weighted by molar-refractivity contribution is 0.557. The molecule has 1 aromatic heterocycles. The molecule has 0 fully saturated rings. The molecule has 0 radical (unpaired) electrons. The first-order chi connectivity index (χ1) is 7.38. The summed E-state index contributed by atoms with van der Waals surface area (Å²) in [5.74, 6) is 2.44. The van der Waals surface area contributed by atoms with Crippen molar-refractivity contribution in [2.45, 2.75) is 33.4 Å². The van der Waals surface area contributed by atoms with Crippen LogP contribution < -0.4 is 5.32 Å². The predicted molar refractivity (Wildman–Crippen MR) is 67.2 cm³/mol. The summed E-state index contributed by atoms with van der Waals surface area (Å²) in [6.45, 7) is 7.31. The van der Waals surface area contributed by atoms with Gasteiger partial charge in [0.2, 0.25) is 0 Å². The average Bonchev–Trinajstić information content (AvgIpc) is 2.69. The molecule has 1 heterocycles. The van der Waals surface area contributed by atoms with E-state index in [2.05, 4.69) is 35.0 Å². The van der Waals surface area contributed by atoms with Gasteiger partial charge >= 0.3 is 0 Å². The quantitative estimate of drug-likeness (QED) is 0.690. The molecule has 15 heavy (non-hydrogen) atoms. The molecular formula is C11H21N3S. The van der Waals surface area contributed by atoms with Gasteiger partial charge in [-0.25, -0.2) is 0 Å². The molecule has 0 unspecified atom stereocenters. The Kier molecular flexibility index (Phi) is 6.52. The summed E-state index contributed by atoms with van der Waals surface area (Å²) in [5.41, 5.74) is 1.29. The largest absolute Gasteiger partial charge is 0.311 e. The molecule has 0 amide bonds. The molecule has 0 spiro atoms. The van der Waals surface area contributed by atoms with Crippen molar-refractivity contribution in [1.82, 2.24) is 15.1 Å². The molecule has 3 nitrogen and oxygen atoms in total. The topological polar surface area (TPSA) is 29.9 Å². The van der Waals surface area contributed by atoms with Gasteiger partial charge in [0.05, 0.1) is 5.69 Å². The van der Waals surface area contributed by atoms with E-state index in [0.717, 1.165) is 19.6 Å². The van der Waals surface area contributed by atoms with E-state index in [-0.39, 0.29) is 0 Å². The van der Waals surface area contributed by atoms with Gasteiger partial charge in [-0.15, -0.1) is 0 Å². The van der Waals surface area contributed by atoms with Gasteiger partial charge < -0.3 is 5.32 Å². The average molecular weight is 227 g/mol. The summed E-state index contributed by atoms with van der Waals surface area (Å²) >= 11 is 2.00. The second kappa shape index (κ2) is 7.77. The van der Waals surface area contributed by atoms with Gasteiger partial charge in [0.15, 0.2) is 0 Å². The third-order valence-electron chi connectivity index (χ3n) is 2.22. The molecule has 0 aliphatic carbocycles. The molecule has 0 aliphatic rings. The van der Waals surface area contributed by atoms with Gasteiger partial charge in [-0.1, -0.05) is 13.8 Å². The maximum atomic E-state index is 4.33. The third kappa shape index (κ3) is 4.71. The van der Waals surface area contributed by atoms with E-state index in [1.54, 1.807) is 0 Å². The van der Waals surface area contributed by atoms with E-state index in [1.807, 2.05) is 18.0 Å². The summed E-state index contributed by atoms with van der Waals surface area (Å²) in [5, 5.41) is 7.66. The van der Waals surface area contributed by atoms with E-state index < -0.39 is 0 Å². The van der Waals surface area contributed by atoms with Gasteiger partial charge in [0.1, 0.15) is 0 Å². The fourth-order valence-corrected chi connectivity index (χ4v) is 2.05. The number of nitrogens with one attached hydrogen (secondary N) is 1. The molecule has 86 valence electrons. The lowest BCUT2D eigenvalue weighted by Gasteiger charge is -2.07. The van der Waals surface area contributed by atoms with Gasteiger partial charge in [0, 0.05) is 19.3 Å². The van der Waals surface area contributed by atoms with E-state index in [9.17, 15) is 0 Å². The smallest absolute Gasteiger partial charge is 0.0522 e. The van der Waals surface area contributed by atoms with Crippen LogP contribution in [0.5, 0.6) is 0 Å². The fourth-order valence-electron chi connectivity index (χ4n) is 1.43. The normalized spacial score (nSPS) is 10.8. The summed E-state index contributed by atoms with van der Waals surface area (Å²) in [6, 6.07) is 2.09. The van der Waals surface area contributed by atoms with Crippen LogP contribution in [-0.2, 0) is 13.1 Å². The Balaban J connectivity index is 2.29. The van der Waals surface area contributed by atoms with Crippen LogP contribution in [0.2, 0.25) is 0 Å². The van der Waals surface area contributed by atoms with Crippen LogP contribution in [0, 0.1) is 0 Å². The van der Waals surface area contributed by atoms with Gasteiger partial charge in [0.25, 0.3) is 0 Å². The zero-order valence-electron chi connectivity index (χ0n) is 9.70. The number of rotatable bonds is 8. The number of hydrogen-bond donors (Lipinski definition) is 1. The van der Waals surface area contributed by atoms with E-state index >= 15 is 0 Å². The second-order valence-electron chi connectivity index (χ2n) is 3.38. The number of aromatic nitrogens is 2. The molecule has 0 atom stereocenters. The Hall–Kier alpha value is -0.480. The van der Waals surface area contributed by atoms with Crippen molar-refractivity contribution in [3.63, 3.8) is 0 Å². The molecule has 1 rings (SSSR count). The molecule has 0 bridgehead atoms. The summed E-state index contributed by atoms with van der Waals surface area (Å²) < 4.78 is 2.11. The monoisotopic (exact) mass is 227 g/mol. The molecule has 1 aromatic rings. The zero-order chi connectivity index (χ0) is 10.9. The number of aryl methyl sites for hydroxylation is 1.